The fraction of sp³-hybridized carbons (Fsp3) is 0.333. The molecular weight excluding hydrogens is 318 g/mol. The molecule has 5 heteroatoms. The van der Waals surface area contributed by atoms with Gasteiger partial charge in [0.2, 0.25) is 0 Å². The molecule has 0 aliphatic rings. The Morgan fingerprint density at radius 3 is 2.50 bits per heavy atom. The van der Waals surface area contributed by atoms with Crippen molar-refractivity contribution in [1.82, 2.24) is 9.78 Å². The van der Waals surface area contributed by atoms with Gasteiger partial charge in [-0.15, -0.1) is 0 Å². The summed E-state index contributed by atoms with van der Waals surface area (Å²) in [6.07, 6.45) is 0. The highest BCUT2D eigenvalue weighted by Gasteiger charge is 2.21. The van der Waals surface area contributed by atoms with Crippen LogP contribution in [0.2, 0.25) is 0 Å². The van der Waals surface area contributed by atoms with Gasteiger partial charge in [0.25, 0.3) is 5.91 Å². The van der Waals surface area contributed by atoms with E-state index in [4.69, 9.17) is 0 Å². The largest absolute Gasteiger partial charge is 0.320 e. The van der Waals surface area contributed by atoms with E-state index in [-0.39, 0.29) is 11.3 Å². The maximum atomic E-state index is 12.3. The Labute approximate surface area is 127 Å². The Bertz CT molecular complexity index is 641. The van der Waals surface area contributed by atoms with Gasteiger partial charge in [0.15, 0.2) is 0 Å². The molecule has 1 heterocycles. The highest BCUT2D eigenvalue weighted by atomic mass is 79.9. The van der Waals surface area contributed by atoms with E-state index in [0.717, 1.165) is 15.9 Å². The molecule has 1 amide bonds. The zero-order valence-electron chi connectivity index (χ0n) is 12.1. The quantitative estimate of drug-likeness (QED) is 0.908. The molecule has 0 atom stereocenters. The number of hydrogen-bond acceptors (Lipinski definition) is 2. The number of carbonyl (C=O) groups excluding carboxylic acids is 1. The van der Waals surface area contributed by atoms with Crippen LogP contribution < -0.4 is 5.32 Å². The molecule has 1 aromatic carbocycles. The minimum Gasteiger partial charge on any atom is -0.320 e. The van der Waals surface area contributed by atoms with Gasteiger partial charge >= 0.3 is 0 Å². The number of amides is 1. The number of para-hydroxylation sites is 1. The zero-order valence-corrected chi connectivity index (χ0v) is 13.7. The molecule has 106 valence electrons. The molecule has 2 aromatic rings. The second-order valence-corrected chi connectivity index (χ2v) is 6.58. The second kappa shape index (κ2) is 5.40. The van der Waals surface area contributed by atoms with Crippen molar-refractivity contribution in [3.63, 3.8) is 0 Å². The molecule has 20 heavy (non-hydrogen) atoms. The predicted molar refractivity (Wildman–Crippen MR) is 84.0 cm³/mol. The van der Waals surface area contributed by atoms with E-state index < -0.39 is 0 Å². The number of benzene rings is 1. The minimum atomic E-state index is -0.164. The number of hydrogen-bond donors (Lipinski definition) is 1. The van der Waals surface area contributed by atoms with Gasteiger partial charge in [-0.3, -0.25) is 9.48 Å². The molecule has 0 aliphatic carbocycles. The molecule has 2 rings (SSSR count). The fourth-order valence-electron chi connectivity index (χ4n) is 1.80. The van der Waals surface area contributed by atoms with Crippen molar-refractivity contribution in [2.75, 3.05) is 5.32 Å². The molecule has 0 radical (unpaired) electrons. The van der Waals surface area contributed by atoms with Crippen LogP contribution in [0.4, 0.5) is 5.69 Å². The SMILES string of the molecule is Cn1nc(C(C)(C)C)cc1C(=O)Nc1ccccc1Br. The maximum absolute atomic E-state index is 12.3. The zero-order chi connectivity index (χ0) is 14.9. The van der Waals surface area contributed by atoms with Crippen LogP contribution in [0.25, 0.3) is 0 Å². The molecular formula is C15H18BrN3O. The standard InChI is InChI=1S/C15H18BrN3O/c1-15(2,3)13-9-12(19(4)18-13)14(20)17-11-8-6-5-7-10(11)16/h5-9H,1-4H3,(H,17,20). The molecule has 0 saturated heterocycles. The lowest BCUT2D eigenvalue weighted by molar-refractivity contribution is 0.101. The van der Waals surface area contributed by atoms with E-state index in [9.17, 15) is 4.79 Å². The first-order valence-electron chi connectivity index (χ1n) is 6.39. The Morgan fingerprint density at radius 1 is 1.30 bits per heavy atom. The van der Waals surface area contributed by atoms with Crippen molar-refractivity contribution in [3.05, 3.63) is 46.2 Å². The van der Waals surface area contributed by atoms with Crippen LogP contribution in [0.3, 0.4) is 0 Å². The Hall–Kier alpha value is -1.62. The molecule has 0 fully saturated rings. The molecule has 0 unspecified atom stereocenters. The van der Waals surface area contributed by atoms with E-state index in [1.807, 2.05) is 30.3 Å². The monoisotopic (exact) mass is 335 g/mol. The molecule has 0 saturated carbocycles. The Balaban J connectivity index is 2.27. The highest BCUT2D eigenvalue weighted by Crippen LogP contribution is 2.24. The third-order valence-corrected chi connectivity index (χ3v) is 3.69. The van der Waals surface area contributed by atoms with Crippen LogP contribution in [0.1, 0.15) is 37.0 Å². The van der Waals surface area contributed by atoms with Crippen LogP contribution in [-0.2, 0) is 12.5 Å². The van der Waals surface area contributed by atoms with E-state index in [2.05, 4.69) is 47.1 Å². The minimum absolute atomic E-state index is 0.0797. The molecule has 0 spiro atoms. The summed E-state index contributed by atoms with van der Waals surface area (Å²) in [6, 6.07) is 9.36. The van der Waals surface area contributed by atoms with Crippen molar-refractivity contribution >= 4 is 27.5 Å². The summed E-state index contributed by atoms with van der Waals surface area (Å²) in [4.78, 5) is 12.3. The van der Waals surface area contributed by atoms with E-state index in [1.165, 1.54) is 0 Å². The van der Waals surface area contributed by atoms with Crippen molar-refractivity contribution < 1.29 is 4.79 Å². The summed E-state index contributed by atoms with van der Waals surface area (Å²) in [5.74, 6) is -0.164. The first-order chi connectivity index (χ1) is 9.29. The predicted octanol–water partition coefficient (Wildman–Crippen LogP) is 3.73. The lowest BCUT2D eigenvalue weighted by Gasteiger charge is -2.13. The number of aryl methyl sites for hydroxylation is 1. The number of nitrogens with zero attached hydrogens (tertiary/aromatic N) is 2. The van der Waals surface area contributed by atoms with Crippen molar-refractivity contribution in [3.8, 4) is 0 Å². The van der Waals surface area contributed by atoms with Gasteiger partial charge in [0.05, 0.1) is 11.4 Å². The van der Waals surface area contributed by atoms with Crippen LogP contribution >= 0.6 is 15.9 Å². The van der Waals surface area contributed by atoms with Gasteiger partial charge < -0.3 is 5.32 Å². The second-order valence-electron chi connectivity index (χ2n) is 5.72. The number of halogens is 1. The van der Waals surface area contributed by atoms with E-state index in [0.29, 0.717) is 5.69 Å². The van der Waals surface area contributed by atoms with Crippen LogP contribution in [0.15, 0.2) is 34.8 Å². The lowest BCUT2D eigenvalue weighted by Crippen LogP contribution is -2.16. The first-order valence-corrected chi connectivity index (χ1v) is 7.19. The van der Waals surface area contributed by atoms with Crippen LogP contribution in [-0.4, -0.2) is 15.7 Å². The summed E-state index contributed by atoms with van der Waals surface area (Å²) >= 11 is 3.42. The van der Waals surface area contributed by atoms with E-state index >= 15 is 0 Å². The van der Waals surface area contributed by atoms with Gasteiger partial charge in [0, 0.05) is 16.9 Å². The average Bonchev–Trinajstić information content (AvgIpc) is 2.74. The first kappa shape index (κ1) is 14.8. The maximum Gasteiger partial charge on any atom is 0.273 e. The van der Waals surface area contributed by atoms with Crippen molar-refractivity contribution in [2.24, 2.45) is 7.05 Å². The van der Waals surface area contributed by atoms with Crippen molar-refractivity contribution in [1.29, 1.82) is 0 Å². The van der Waals surface area contributed by atoms with E-state index in [1.54, 1.807) is 11.7 Å². The number of anilines is 1. The van der Waals surface area contributed by atoms with Gasteiger partial charge in [-0.1, -0.05) is 32.9 Å². The summed E-state index contributed by atoms with van der Waals surface area (Å²) < 4.78 is 2.47. The lowest BCUT2D eigenvalue weighted by atomic mass is 9.92. The molecule has 4 nitrogen and oxygen atoms in total. The average molecular weight is 336 g/mol. The Kier molecular flexibility index (Phi) is 3.99. The number of carbonyl (C=O) groups is 1. The topological polar surface area (TPSA) is 46.9 Å². The van der Waals surface area contributed by atoms with Gasteiger partial charge in [-0.2, -0.15) is 5.10 Å². The Morgan fingerprint density at radius 2 is 1.95 bits per heavy atom. The van der Waals surface area contributed by atoms with Gasteiger partial charge in [-0.25, -0.2) is 0 Å². The molecule has 1 N–H and O–H groups in total. The van der Waals surface area contributed by atoms with Gasteiger partial charge in [-0.05, 0) is 34.1 Å². The normalized spacial score (nSPS) is 11.4. The fourth-order valence-corrected chi connectivity index (χ4v) is 2.18. The van der Waals surface area contributed by atoms with Crippen LogP contribution in [0, 0.1) is 0 Å². The number of rotatable bonds is 2. The highest BCUT2D eigenvalue weighted by molar-refractivity contribution is 9.10. The third-order valence-electron chi connectivity index (χ3n) is 3.00. The number of nitrogens with one attached hydrogen (secondary N) is 1. The van der Waals surface area contributed by atoms with Crippen LogP contribution in [0.5, 0.6) is 0 Å². The molecule has 0 bridgehead atoms. The van der Waals surface area contributed by atoms with Gasteiger partial charge in [0.1, 0.15) is 5.69 Å². The molecule has 0 aliphatic heterocycles. The van der Waals surface area contributed by atoms with Crippen molar-refractivity contribution in [2.45, 2.75) is 26.2 Å². The third kappa shape index (κ3) is 3.10. The summed E-state index contributed by atoms with van der Waals surface area (Å²) in [6.45, 7) is 6.22. The number of aromatic nitrogens is 2. The summed E-state index contributed by atoms with van der Waals surface area (Å²) in [5.41, 5.74) is 2.11. The molecule has 1 aromatic heterocycles. The summed E-state index contributed by atoms with van der Waals surface area (Å²) in [5, 5.41) is 7.30. The summed E-state index contributed by atoms with van der Waals surface area (Å²) in [7, 11) is 1.78. The smallest absolute Gasteiger partial charge is 0.273 e.